The van der Waals surface area contributed by atoms with E-state index in [-0.39, 0.29) is 0 Å². The SMILES string of the molecule is CSc1cccc(NCCC2CCCN2)c1C#N. The van der Waals surface area contributed by atoms with Crippen LogP contribution >= 0.6 is 11.8 Å². The first-order valence-electron chi connectivity index (χ1n) is 6.39. The van der Waals surface area contributed by atoms with Crippen molar-refractivity contribution < 1.29 is 0 Å². The van der Waals surface area contributed by atoms with Gasteiger partial charge in [-0.1, -0.05) is 6.07 Å². The maximum Gasteiger partial charge on any atom is 0.102 e. The van der Waals surface area contributed by atoms with Gasteiger partial charge in [0.25, 0.3) is 0 Å². The van der Waals surface area contributed by atoms with Gasteiger partial charge in [-0.25, -0.2) is 0 Å². The summed E-state index contributed by atoms with van der Waals surface area (Å²) >= 11 is 1.62. The molecule has 1 unspecified atom stereocenters. The molecule has 96 valence electrons. The van der Waals surface area contributed by atoms with Gasteiger partial charge in [-0.15, -0.1) is 11.8 Å². The van der Waals surface area contributed by atoms with E-state index >= 15 is 0 Å². The Kier molecular flexibility index (Phi) is 4.91. The molecule has 1 fully saturated rings. The van der Waals surface area contributed by atoms with E-state index in [1.807, 2.05) is 24.5 Å². The minimum Gasteiger partial charge on any atom is -0.384 e. The molecule has 0 spiro atoms. The number of thioether (sulfide) groups is 1. The Balaban J connectivity index is 1.94. The van der Waals surface area contributed by atoms with Gasteiger partial charge in [0.15, 0.2) is 0 Å². The zero-order chi connectivity index (χ0) is 12.8. The summed E-state index contributed by atoms with van der Waals surface area (Å²) in [7, 11) is 0. The lowest BCUT2D eigenvalue weighted by Gasteiger charge is -2.13. The largest absolute Gasteiger partial charge is 0.384 e. The topological polar surface area (TPSA) is 47.8 Å². The van der Waals surface area contributed by atoms with Crippen LogP contribution in [-0.2, 0) is 0 Å². The standard InChI is InChI=1S/C14H19N3S/c1-18-14-6-2-5-13(12(14)10-15)17-9-7-11-4-3-8-16-11/h2,5-6,11,16-17H,3-4,7-9H2,1H3. The van der Waals surface area contributed by atoms with Gasteiger partial charge in [0.1, 0.15) is 6.07 Å². The maximum absolute atomic E-state index is 9.23. The molecule has 1 aliphatic rings. The number of rotatable bonds is 5. The summed E-state index contributed by atoms with van der Waals surface area (Å²) in [5, 5.41) is 16.1. The number of nitrogens with one attached hydrogen (secondary N) is 2. The molecule has 0 aromatic heterocycles. The van der Waals surface area contributed by atoms with Crippen LogP contribution in [0.25, 0.3) is 0 Å². The second-order valence-electron chi connectivity index (χ2n) is 4.50. The first-order chi connectivity index (χ1) is 8.85. The monoisotopic (exact) mass is 261 g/mol. The average molecular weight is 261 g/mol. The molecule has 1 aliphatic heterocycles. The fourth-order valence-electron chi connectivity index (χ4n) is 2.35. The molecule has 4 heteroatoms. The van der Waals surface area contributed by atoms with E-state index in [4.69, 9.17) is 0 Å². The Morgan fingerprint density at radius 1 is 1.56 bits per heavy atom. The van der Waals surface area contributed by atoms with Crippen LogP contribution in [0.2, 0.25) is 0 Å². The van der Waals surface area contributed by atoms with Crippen molar-refractivity contribution in [2.75, 3.05) is 24.7 Å². The number of anilines is 1. The molecule has 1 saturated heterocycles. The molecule has 3 nitrogen and oxygen atoms in total. The third kappa shape index (κ3) is 3.18. The number of hydrogen-bond donors (Lipinski definition) is 2. The fourth-order valence-corrected chi connectivity index (χ4v) is 2.92. The van der Waals surface area contributed by atoms with E-state index in [0.29, 0.717) is 6.04 Å². The lowest BCUT2D eigenvalue weighted by atomic mass is 10.1. The number of nitriles is 1. The van der Waals surface area contributed by atoms with E-state index in [1.54, 1.807) is 11.8 Å². The first kappa shape index (κ1) is 13.3. The van der Waals surface area contributed by atoms with Gasteiger partial charge in [0, 0.05) is 17.5 Å². The van der Waals surface area contributed by atoms with E-state index in [0.717, 1.165) is 35.7 Å². The Bertz CT molecular complexity index is 433. The van der Waals surface area contributed by atoms with Crippen LogP contribution < -0.4 is 10.6 Å². The zero-order valence-corrected chi connectivity index (χ0v) is 11.5. The van der Waals surface area contributed by atoms with Crippen LogP contribution in [0.1, 0.15) is 24.8 Å². The molecular formula is C14H19N3S. The van der Waals surface area contributed by atoms with Gasteiger partial charge in [-0.2, -0.15) is 5.26 Å². The molecule has 0 aliphatic carbocycles. The summed E-state index contributed by atoms with van der Waals surface area (Å²) in [6.45, 7) is 2.07. The number of benzene rings is 1. The van der Waals surface area contributed by atoms with Crippen molar-refractivity contribution in [2.45, 2.75) is 30.2 Å². The smallest absolute Gasteiger partial charge is 0.102 e. The summed E-state index contributed by atoms with van der Waals surface area (Å²) in [6.07, 6.45) is 5.68. The summed E-state index contributed by atoms with van der Waals surface area (Å²) < 4.78 is 0. The Hall–Kier alpha value is -1.18. The molecule has 2 N–H and O–H groups in total. The minimum atomic E-state index is 0.645. The van der Waals surface area contributed by atoms with Gasteiger partial charge in [0.2, 0.25) is 0 Å². The van der Waals surface area contributed by atoms with Gasteiger partial charge in [-0.05, 0) is 44.2 Å². The van der Waals surface area contributed by atoms with E-state index in [2.05, 4.69) is 16.7 Å². The predicted molar refractivity (Wildman–Crippen MR) is 77.1 cm³/mol. The van der Waals surface area contributed by atoms with Crippen LogP contribution in [0.5, 0.6) is 0 Å². The molecule has 1 aromatic rings. The maximum atomic E-state index is 9.23. The summed E-state index contributed by atoms with van der Waals surface area (Å²) in [4.78, 5) is 1.04. The Morgan fingerprint density at radius 2 is 2.44 bits per heavy atom. The van der Waals surface area contributed by atoms with Crippen molar-refractivity contribution in [2.24, 2.45) is 0 Å². The first-order valence-corrected chi connectivity index (χ1v) is 7.62. The van der Waals surface area contributed by atoms with Gasteiger partial charge in [-0.3, -0.25) is 0 Å². The average Bonchev–Trinajstić information content (AvgIpc) is 2.91. The highest BCUT2D eigenvalue weighted by Crippen LogP contribution is 2.26. The normalized spacial score (nSPS) is 18.6. The van der Waals surface area contributed by atoms with Crippen LogP contribution in [0.4, 0.5) is 5.69 Å². The predicted octanol–water partition coefficient (Wildman–Crippen LogP) is 2.83. The molecule has 0 amide bonds. The molecule has 18 heavy (non-hydrogen) atoms. The second kappa shape index (κ2) is 6.67. The third-order valence-corrected chi connectivity index (χ3v) is 4.11. The van der Waals surface area contributed by atoms with Crippen molar-refractivity contribution in [3.05, 3.63) is 23.8 Å². The van der Waals surface area contributed by atoms with Gasteiger partial charge in [0.05, 0.1) is 11.3 Å². The summed E-state index contributed by atoms with van der Waals surface area (Å²) in [5.41, 5.74) is 1.73. The van der Waals surface area contributed by atoms with E-state index in [9.17, 15) is 5.26 Å². The fraction of sp³-hybridized carbons (Fsp3) is 0.500. The van der Waals surface area contributed by atoms with Crippen molar-refractivity contribution in [3.63, 3.8) is 0 Å². The quantitative estimate of drug-likeness (QED) is 0.800. The van der Waals surface area contributed by atoms with Crippen molar-refractivity contribution in [1.29, 1.82) is 5.26 Å². The van der Waals surface area contributed by atoms with Gasteiger partial charge >= 0.3 is 0 Å². The summed E-state index contributed by atoms with van der Waals surface area (Å²) in [5.74, 6) is 0. The number of hydrogen-bond acceptors (Lipinski definition) is 4. The lowest BCUT2D eigenvalue weighted by Crippen LogP contribution is -2.24. The van der Waals surface area contributed by atoms with E-state index in [1.165, 1.54) is 12.8 Å². The zero-order valence-electron chi connectivity index (χ0n) is 10.7. The van der Waals surface area contributed by atoms with Gasteiger partial charge < -0.3 is 10.6 Å². The second-order valence-corrected chi connectivity index (χ2v) is 5.35. The van der Waals surface area contributed by atoms with Crippen molar-refractivity contribution >= 4 is 17.4 Å². The Morgan fingerprint density at radius 3 is 3.11 bits per heavy atom. The van der Waals surface area contributed by atoms with E-state index < -0.39 is 0 Å². The highest BCUT2D eigenvalue weighted by molar-refractivity contribution is 7.98. The van der Waals surface area contributed by atoms with Crippen molar-refractivity contribution in [1.82, 2.24) is 5.32 Å². The molecule has 2 rings (SSSR count). The molecule has 1 aromatic carbocycles. The van der Waals surface area contributed by atoms with Crippen LogP contribution in [0.15, 0.2) is 23.1 Å². The van der Waals surface area contributed by atoms with Crippen LogP contribution in [-0.4, -0.2) is 25.4 Å². The highest BCUT2D eigenvalue weighted by Gasteiger charge is 2.13. The minimum absolute atomic E-state index is 0.645. The lowest BCUT2D eigenvalue weighted by molar-refractivity contribution is 0.574. The highest BCUT2D eigenvalue weighted by atomic mass is 32.2. The molecule has 0 bridgehead atoms. The number of nitrogens with zero attached hydrogens (tertiary/aromatic N) is 1. The molecule has 0 saturated carbocycles. The molecule has 1 heterocycles. The third-order valence-electron chi connectivity index (χ3n) is 3.33. The molecule has 0 radical (unpaired) electrons. The van der Waals surface area contributed by atoms with Crippen LogP contribution in [0.3, 0.4) is 0 Å². The van der Waals surface area contributed by atoms with Crippen molar-refractivity contribution in [3.8, 4) is 6.07 Å². The Labute approximate surface area is 113 Å². The molecule has 1 atom stereocenters. The van der Waals surface area contributed by atoms with Crippen LogP contribution in [0, 0.1) is 11.3 Å². The summed E-state index contributed by atoms with van der Waals surface area (Å²) in [6, 6.07) is 8.92. The molecular weight excluding hydrogens is 242 g/mol.